The van der Waals surface area contributed by atoms with Crippen LogP contribution in [0.25, 0.3) is 0 Å². The SMILES string of the molecule is C[C@H](O)c1cccc(OCc2c(Cl)cccc2[N+](=O)[O-])c1. The Morgan fingerprint density at radius 3 is 2.71 bits per heavy atom. The Hall–Kier alpha value is -2.11. The maximum atomic E-state index is 11.0. The third kappa shape index (κ3) is 3.71. The number of benzene rings is 2. The van der Waals surface area contributed by atoms with E-state index in [0.717, 1.165) is 0 Å². The molecule has 0 fully saturated rings. The van der Waals surface area contributed by atoms with Crippen LogP contribution in [0.15, 0.2) is 42.5 Å². The molecule has 0 unspecified atom stereocenters. The largest absolute Gasteiger partial charge is 0.489 e. The lowest BCUT2D eigenvalue weighted by Gasteiger charge is -2.10. The van der Waals surface area contributed by atoms with Gasteiger partial charge in [-0.15, -0.1) is 0 Å². The third-order valence-corrected chi connectivity index (χ3v) is 3.37. The molecule has 0 heterocycles. The van der Waals surface area contributed by atoms with Gasteiger partial charge in [-0.2, -0.15) is 0 Å². The van der Waals surface area contributed by atoms with E-state index in [4.69, 9.17) is 16.3 Å². The number of nitro benzene ring substituents is 1. The summed E-state index contributed by atoms with van der Waals surface area (Å²) in [6.07, 6.45) is -0.608. The van der Waals surface area contributed by atoms with Crippen LogP contribution in [-0.4, -0.2) is 10.0 Å². The van der Waals surface area contributed by atoms with Crippen molar-refractivity contribution in [3.8, 4) is 5.75 Å². The predicted octanol–water partition coefficient (Wildman–Crippen LogP) is 3.88. The molecule has 0 bridgehead atoms. The molecule has 2 rings (SSSR count). The molecule has 21 heavy (non-hydrogen) atoms. The summed E-state index contributed by atoms with van der Waals surface area (Å²) in [4.78, 5) is 10.5. The topological polar surface area (TPSA) is 72.6 Å². The standard InChI is InChI=1S/C15H14ClNO4/c1-10(18)11-4-2-5-12(8-11)21-9-13-14(16)6-3-7-15(13)17(19)20/h2-8,10,18H,9H2,1H3/t10-/m0/s1. The summed E-state index contributed by atoms with van der Waals surface area (Å²) < 4.78 is 5.55. The Labute approximate surface area is 126 Å². The molecule has 110 valence electrons. The lowest BCUT2D eigenvalue weighted by atomic mass is 10.1. The second-order valence-corrected chi connectivity index (χ2v) is 4.94. The fourth-order valence-electron chi connectivity index (χ4n) is 1.88. The van der Waals surface area contributed by atoms with Gasteiger partial charge >= 0.3 is 0 Å². The van der Waals surface area contributed by atoms with Gasteiger partial charge in [0.05, 0.1) is 21.6 Å². The molecular weight excluding hydrogens is 294 g/mol. The number of nitrogens with zero attached hydrogens (tertiary/aromatic N) is 1. The van der Waals surface area contributed by atoms with Crippen LogP contribution in [0.4, 0.5) is 5.69 Å². The average Bonchev–Trinajstić information content (AvgIpc) is 2.46. The lowest BCUT2D eigenvalue weighted by molar-refractivity contribution is -0.385. The van der Waals surface area contributed by atoms with Gasteiger partial charge in [0.25, 0.3) is 5.69 Å². The van der Waals surface area contributed by atoms with Crippen molar-refractivity contribution in [1.82, 2.24) is 0 Å². The van der Waals surface area contributed by atoms with Gasteiger partial charge in [-0.05, 0) is 30.7 Å². The van der Waals surface area contributed by atoms with Crippen LogP contribution >= 0.6 is 11.6 Å². The summed E-state index contributed by atoms with van der Waals surface area (Å²) in [7, 11) is 0. The van der Waals surface area contributed by atoms with Crippen LogP contribution in [0.5, 0.6) is 5.75 Å². The van der Waals surface area contributed by atoms with Crippen molar-refractivity contribution in [2.45, 2.75) is 19.6 Å². The van der Waals surface area contributed by atoms with Gasteiger partial charge in [-0.3, -0.25) is 10.1 Å². The first-order chi connectivity index (χ1) is 9.99. The summed E-state index contributed by atoms with van der Waals surface area (Å²) >= 11 is 6.00. The molecule has 2 aromatic rings. The zero-order valence-electron chi connectivity index (χ0n) is 11.3. The minimum atomic E-state index is -0.608. The van der Waals surface area contributed by atoms with Crippen LogP contribution in [0, 0.1) is 10.1 Å². The van der Waals surface area contributed by atoms with Crippen molar-refractivity contribution in [2.75, 3.05) is 0 Å². The van der Waals surface area contributed by atoms with Gasteiger partial charge in [0.15, 0.2) is 0 Å². The fraction of sp³-hybridized carbons (Fsp3) is 0.200. The number of nitro groups is 1. The van der Waals surface area contributed by atoms with Crippen LogP contribution < -0.4 is 4.74 Å². The molecule has 0 aliphatic rings. The van der Waals surface area contributed by atoms with Gasteiger partial charge < -0.3 is 9.84 Å². The molecule has 0 aliphatic carbocycles. The molecule has 0 spiro atoms. The van der Waals surface area contributed by atoms with E-state index in [9.17, 15) is 15.2 Å². The molecule has 0 saturated carbocycles. The molecule has 5 nitrogen and oxygen atoms in total. The Kier molecular flexibility index (Phi) is 4.77. The van der Waals surface area contributed by atoms with Crippen molar-refractivity contribution in [3.05, 3.63) is 68.7 Å². The molecular formula is C15H14ClNO4. The number of rotatable bonds is 5. The first kappa shape index (κ1) is 15.3. The van der Waals surface area contributed by atoms with Crippen molar-refractivity contribution >= 4 is 17.3 Å². The minimum absolute atomic E-state index is 0.0146. The number of halogens is 1. The second kappa shape index (κ2) is 6.56. The highest BCUT2D eigenvalue weighted by Crippen LogP contribution is 2.28. The van der Waals surface area contributed by atoms with E-state index in [2.05, 4.69) is 0 Å². The van der Waals surface area contributed by atoms with Crippen molar-refractivity contribution < 1.29 is 14.8 Å². The monoisotopic (exact) mass is 307 g/mol. The quantitative estimate of drug-likeness (QED) is 0.672. The van der Waals surface area contributed by atoms with Crippen LogP contribution in [0.3, 0.4) is 0 Å². The van der Waals surface area contributed by atoms with Crippen LogP contribution in [0.2, 0.25) is 5.02 Å². The number of hydrogen-bond donors (Lipinski definition) is 1. The molecule has 2 aromatic carbocycles. The molecule has 6 heteroatoms. The summed E-state index contributed by atoms with van der Waals surface area (Å²) in [6, 6.07) is 11.4. The maximum absolute atomic E-state index is 11.0. The van der Waals surface area contributed by atoms with E-state index in [-0.39, 0.29) is 17.3 Å². The molecule has 0 amide bonds. The average molecular weight is 308 g/mol. The van der Waals surface area contributed by atoms with Gasteiger partial charge in [-0.25, -0.2) is 0 Å². The minimum Gasteiger partial charge on any atom is -0.489 e. The van der Waals surface area contributed by atoms with E-state index >= 15 is 0 Å². The first-order valence-electron chi connectivity index (χ1n) is 6.31. The summed E-state index contributed by atoms with van der Waals surface area (Å²) in [6.45, 7) is 1.64. The van der Waals surface area contributed by atoms with Crippen molar-refractivity contribution in [1.29, 1.82) is 0 Å². The zero-order valence-corrected chi connectivity index (χ0v) is 12.1. The molecule has 0 radical (unpaired) electrons. The predicted molar refractivity (Wildman–Crippen MR) is 79.5 cm³/mol. The molecule has 1 N–H and O–H groups in total. The van der Waals surface area contributed by atoms with Gasteiger partial charge in [0, 0.05) is 6.07 Å². The highest BCUT2D eigenvalue weighted by Gasteiger charge is 2.17. The van der Waals surface area contributed by atoms with Gasteiger partial charge in [-0.1, -0.05) is 29.8 Å². The molecule has 0 aromatic heterocycles. The fourth-order valence-corrected chi connectivity index (χ4v) is 2.11. The lowest BCUT2D eigenvalue weighted by Crippen LogP contribution is -2.02. The van der Waals surface area contributed by atoms with E-state index in [1.165, 1.54) is 12.1 Å². The summed E-state index contributed by atoms with van der Waals surface area (Å²) in [5.41, 5.74) is 0.960. The smallest absolute Gasteiger partial charge is 0.277 e. The normalized spacial score (nSPS) is 12.0. The van der Waals surface area contributed by atoms with E-state index in [1.54, 1.807) is 37.3 Å². The van der Waals surface area contributed by atoms with Gasteiger partial charge in [0.1, 0.15) is 12.4 Å². The number of ether oxygens (including phenoxy) is 1. The zero-order chi connectivity index (χ0) is 15.4. The molecule has 1 atom stereocenters. The second-order valence-electron chi connectivity index (χ2n) is 4.53. The molecule has 0 saturated heterocycles. The third-order valence-electron chi connectivity index (χ3n) is 3.01. The number of hydrogen-bond acceptors (Lipinski definition) is 4. The van der Waals surface area contributed by atoms with E-state index in [1.807, 2.05) is 0 Å². The Balaban J connectivity index is 2.21. The highest BCUT2D eigenvalue weighted by atomic mass is 35.5. The summed E-state index contributed by atoms with van der Waals surface area (Å²) in [5.74, 6) is 0.516. The Morgan fingerprint density at radius 2 is 2.05 bits per heavy atom. The van der Waals surface area contributed by atoms with Crippen LogP contribution in [-0.2, 0) is 6.61 Å². The summed E-state index contributed by atoms with van der Waals surface area (Å²) in [5, 5.41) is 20.8. The highest BCUT2D eigenvalue weighted by molar-refractivity contribution is 6.31. The van der Waals surface area contributed by atoms with Crippen molar-refractivity contribution in [2.24, 2.45) is 0 Å². The van der Waals surface area contributed by atoms with E-state index < -0.39 is 11.0 Å². The Morgan fingerprint density at radius 1 is 1.33 bits per heavy atom. The number of aliphatic hydroxyl groups is 1. The van der Waals surface area contributed by atoms with Crippen LogP contribution in [0.1, 0.15) is 24.2 Å². The molecule has 0 aliphatic heterocycles. The first-order valence-corrected chi connectivity index (χ1v) is 6.69. The van der Waals surface area contributed by atoms with Gasteiger partial charge in [0.2, 0.25) is 0 Å². The Bertz CT molecular complexity index is 658. The van der Waals surface area contributed by atoms with Crippen molar-refractivity contribution in [3.63, 3.8) is 0 Å². The maximum Gasteiger partial charge on any atom is 0.277 e. The van der Waals surface area contributed by atoms with E-state index in [0.29, 0.717) is 16.9 Å². The number of aliphatic hydroxyl groups excluding tert-OH is 1.